The lowest BCUT2D eigenvalue weighted by atomic mass is 9.39. The van der Waals surface area contributed by atoms with Gasteiger partial charge in [-0.2, -0.15) is 0 Å². The van der Waals surface area contributed by atoms with Crippen LogP contribution in [0.1, 0.15) is 29.6 Å². The Kier molecular flexibility index (Phi) is 4.84. The van der Waals surface area contributed by atoms with Gasteiger partial charge >= 0.3 is 0 Å². The maximum Gasteiger partial charge on any atom is 0.269 e. The molecule has 2 aromatic heterocycles. The quantitative estimate of drug-likeness (QED) is 0.437. The summed E-state index contributed by atoms with van der Waals surface area (Å²) in [6.45, 7) is 0.487. The summed E-state index contributed by atoms with van der Waals surface area (Å²) in [6, 6.07) is 7.50. The van der Waals surface area contributed by atoms with Crippen LogP contribution < -0.4 is 16.2 Å². The second-order valence-corrected chi connectivity index (χ2v) is 10.7. The number of aromatic nitrogens is 2. The number of carbonyl (C=O) groups excluding carboxylic acids is 2. The summed E-state index contributed by atoms with van der Waals surface area (Å²) in [7, 11) is 0. The third-order valence-electron chi connectivity index (χ3n) is 8.73. The molecule has 1 aromatic carbocycles. The molecule has 10 heteroatoms. The predicted octanol–water partition coefficient (Wildman–Crippen LogP) is 1.74. The Bertz CT molecular complexity index is 1510. The van der Waals surface area contributed by atoms with Crippen molar-refractivity contribution in [1.29, 1.82) is 0 Å². The van der Waals surface area contributed by atoms with Gasteiger partial charge in [0.15, 0.2) is 0 Å². The monoisotopic (exact) mass is 504 g/mol. The number of pyridine rings is 2. The van der Waals surface area contributed by atoms with Gasteiger partial charge in [-0.15, -0.1) is 0 Å². The van der Waals surface area contributed by atoms with Gasteiger partial charge < -0.3 is 25.3 Å². The van der Waals surface area contributed by atoms with Crippen molar-refractivity contribution >= 4 is 23.2 Å². The van der Waals surface area contributed by atoms with E-state index in [1.54, 1.807) is 18.2 Å². The van der Waals surface area contributed by atoms with Gasteiger partial charge in [-0.25, -0.2) is 9.37 Å². The van der Waals surface area contributed by atoms with E-state index in [1.807, 2.05) is 0 Å². The molecule has 1 amide bonds. The standard InChI is InChI=1S/C27H25FN4O5/c28-16-3-1-13(2-4-16)14-7-18-23(34)20(26(36)32(5-6-33)24(18)30-11-14)25(35)31-27-9-15(10-27)21(27)22-19-8-17(37-19)12-29-22/h1-4,6-7,11,15,17,19,21-22,29,34H,5,8-10,12H2,(H,31,35). The number of aromatic hydroxyl groups is 1. The number of carbonyl (C=O) groups is 2. The Morgan fingerprint density at radius 1 is 1.30 bits per heavy atom. The SMILES string of the molecule is O=CCn1c(=O)c(C(=O)NC23CC(C2)C3C2NCC3CC2O3)c(O)c2cc(-c3ccc(F)cc3)cnc21. The Labute approximate surface area is 210 Å². The predicted molar refractivity (Wildman–Crippen MR) is 131 cm³/mol. The van der Waals surface area contributed by atoms with Crippen LogP contribution in [0.15, 0.2) is 41.3 Å². The second-order valence-electron chi connectivity index (χ2n) is 10.7. The molecule has 4 atom stereocenters. The van der Waals surface area contributed by atoms with Gasteiger partial charge in [0.25, 0.3) is 11.5 Å². The zero-order valence-corrected chi connectivity index (χ0v) is 19.8. The number of aldehydes is 1. The molecule has 3 aliphatic heterocycles. The summed E-state index contributed by atoms with van der Waals surface area (Å²) in [5, 5.41) is 18.0. The molecule has 9 nitrogen and oxygen atoms in total. The van der Waals surface area contributed by atoms with E-state index in [4.69, 9.17) is 4.74 Å². The number of benzene rings is 1. The van der Waals surface area contributed by atoms with E-state index in [-0.39, 0.29) is 41.7 Å². The molecule has 37 heavy (non-hydrogen) atoms. The molecule has 190 valence electrons. The van der Waals surface area contributed by atoms with E-state index in [0.717, 1.165) is 30.4 Å². The molecule has 3 aliphatic carbocycles. The number of hydrogen-bond donors (Lipinski definition) is 3. The Balaban J connectivity index is 1.26. The highest BCUT2D eigenvalue weighted by Crippen LogP contribution is 2.64. The number of amides is 1. The van der Waals surface area contributed by atoms with Crippen LogP contribution in [0.4, 0.5) is 4.39 Å². The summed E-state index contributed by atoms with van der Waals surface area (Å²) in [6.07, 6.45) is 5.13. The smallest absolute Gasteiger partial charge is 0.269 e. The Morgan fingerprint density at radius 3 is 2.68 bits per heavy atom. The molecular weight excluding hydrogens is 479 g/mol. The topological polar surface area (TPSA) is 123 Å². The van der Waals surface area contributed by atoms with Crippen LogP contribution in [0.25, 0.3) is 22.2 Å². The minimum Gasteiger partial charge on any atom is -0.506 e. The van der Waals surface area contributed by atoms with Crippen LogP contribution in [0, 0.1) is 17.7 Å². The highest BCUT2D eigenvalue weighted by molar-refractivity contribution is 6.03. The fourth-order valence-electron chi connectivity index (χ4n) is 6.82. The molecule has 9 rings (SSSR count). The Morgan fingerprint density at radius 2 is 2.05 bits per heavy atom. The summed E-state index contributed by atoms with van der Waals surface area (Å²) in [5.74, 6) is -0.826. The first-order chi connectivity index (χ1) is 17.9. The normalized spacial score (nSPS) is 31.1. The maximum atomic E-state index is 13.5. The summed E-state index contributed by atoms with van der Waals surface area (Å²) in [4.78, 5) is 42.6. The first-order valence-electron chi connectivity index (χ1n) is 12.5. The lowest BCUT2D eigenvalue weighted by molar-refractivity contribution is -0.230. The first-order valence-corrected chi connectivity index (χ1v) is 12.5. The van der Waals surface area contributed by atoms with Crippen molar-refractivity contribution in [2.24, 2.45) is 11.8 Å². The largest absolute Gasteiger partial charge is 0.506 e. The van der Waals surface area contributed by atoms with E-state index < -0.39 is 34.1 Å². The van der Waals surface area contributed by atoms with Crippen molar-refractivity contribution < 1.29 is 23.8 Å². The van der Waals surface area contributed by atoms with Gasteiger partial charge in [0.2, 0.25) is 0 Å². The molecule has 6 aliphatic rings. The van der Waals surface area contributed by atoms with Crippen molar-refractivity contribution in [1.82, 2.24) is 20.2 Å². The van der Waals surface area contributed by atoms with Crippen LogP contribution in [0.3, 0.4) is 0 Å². The van der Waals surface area contributed by atoms with Gasteiger partial charge in [-0.05, 0) is 42.5 Å². The number of hydrogen-bond acceptors (Lipinski definition) is 7. The van der Waals surface area contributed by atoms with Crippen LogP contribution in [0.2, 0.25) is 0 Å². The number of morpholine rings is 1. The van der Waals surface area contributed by atoms with Gasteiger partial charge in [-0.1, -0.05) is 12.1 Å². The molecule has 0 spiro atoms. The summed E-state index contributed by atoms with van der Waals surface area (Å²) < 4.78 is 20.4. The van der Waals surface area contributed by atoms with Crippen molar-refractivity contribution in [2.45, 2.75) is 49.6 Å². The summed E-state index contributed by atoms with van der Waals surface area (Å²) >= 11 is 0. The number of nitrogens with one attached hydrogen (secondary N) is 2. The van der Waals surface area contributed by atoms with E-state index >= 15 is 0 Å². The molecule has 5 heterocycles. The third kappa shape index (κ3) is 3.21. The summed E-state index contributed by atoms with van der Waals surface area (Å²) in [5.41, 5.74) is -0.335. The molecule has 3 saturated heterocycles. The number of piperidine rings is 1. The molecule has 6 fully saturated rings. The third-order valence-corrected chi connectivity index (χ3v) is 8.73. The fraction of sp³-hybridized carbons (Fsp3) is 0.407. The number of fused-ring (bicyclic) bond motifs is 4. The molecule has 0 radical (unpaired) electrons. The van der Waals surface area contributed by atoms with Crippen molar-refractivity contribution in [3.8, 4) is 16.9 Å². The average Bonchev–Trinajstić information content (AvgIpc) is 2.84. The number of rotatable bonds is 6. The lowest BCUT2D eigenvalue weighted by Crippen LogP contribution is -2.82. The molecule has 3 saturated carbocycles. The van der Waals surface area contributed by atoms with E-state index in [1.165, 1.54) is 18.3 Å². The Hall–Kier alpha value is -3.63. The van der Waals surface area contributed by atoms with Crippen molar-refractivity contribution in [2.75, 3.05) is 6.54 Å². The van der Waals surface area contributed by atoms with Gasteiger partial charge in [0.05, 0.1) is 24.1 Å². The second kappa shape index (κ2) is 7.93. The maximum absolute atomic E-state index is 13.5. The minimum atomic E-state index is -0.777. The van der Waals surface area contributed by atoms with Crippen LogP contribution in [0.5, 0.6) is 5.75 Å². The molecular formula is C27H25FN4O5. The lowest BCUT2D eigenvalue weighted by Gasteiger charge is -2.72. The van der Waals surface area contributed by atoms with Crippen molar-refractivity contribution in [3.05, 3.63) is 58.3 Å². The highest BCUT2D eigenvalue weighted by atomic mass is 19.1. The number of halogens is 1. The first kappa shape index (κ1) is 22.6. The van der Waals surface area contributed by atoms with Gasteiger partial charge in [0.1, 0.15) is 29.1 Å². The average molecular weight is 505 g/mol. The molecule has 4 bridgehead atoms. The number of nitrogens with zero attached hydrogens (tertiary/aromatic N) is 2. The van der Waals surface area contributed by atoms with E-state index in [9.17, 15) is 23.9 Å². The highest BCUT2D eigenvalue weighted by Gasteiger charge is 2.70. The van der Waals surface area contributed by atoms with Crippen LogP contribution in [-0.2, 0) is 16.1 Å². The van der Waals surface area contributed by atoms with Gasteiger partial charge in [-0.3, -0.25) is 14.2 Å². The minimum absolute atomic E-state index is 0.0866. The zero-order valence-electron chi connectivity index (χ0n) is 19.8. The van der Waals surface area contributed by atoms with Crippen molar-refractivity contribution in [3.63, 3.8) is 0 Å². The van der Waals surface area contributed by atoms with Crippen LogP contribution in [-0.4, -0.2) is 57.2 Å². The fourth-order valence-corrected chi connectivity index (χ4v) is 6.82. The number of ether oxygens (including phenoxy) is 1. The van der Waals surface area contributed by atoms with Crippen LogP contribution >= 0.6 is 0 Å². The molecule has 3 aromatic rings. The van der Waals surface area contributed by atoms with E-state index in [2.05, 4.69) is 15.6 Å². The molecule has 3 N–H and O–H groups in total. The van der Waals surface area contributed by atoms with Gasteiger partial charge in [0, 0.05) is 42.2 Å². The molecule has 4 unspecified atom stereocenters. The zero-order chi connectivity index (χ0) is 25.5. The van der Waals surface area contributed by atoms with E-state index in [0.29, 0.717) is 23.3 Å².